The van der Waals surface area contributed by atoms with Crippen LogP contribution in [0.1, 0.15) is 37.7 Å². The van der Waals surface area contributed by atoms with Gasteiger partial charge in [-0.2, -0.15) is 0 Å². The number of rotatable bonds is 3. The molecular weight excluding hydrogens is 256 g/mol. The number of hydrogen-bond donors (Lipinski definition) is 0. The molecule has 1 fully saturated rings. The Hall–Kier alpha value is -1.62. The highest BCUT2D eigenvalue weighted by Gasteiger charge is 2.22. The van der Waals surface area contributed by atoms with Crippen molar-refractivity contribution in [1.82, 2.24) is 9.88 Å². The van der Waals surface area contributed by atoms with Gasteiger partial charge in [0, 0.05) is 25.8 Å². The molecule has 1 saturated heterocycles. The fraction of sp³-hybridized carbons (Fsp3) is 0.600. The summed E-state index contributed by atoms with van der Waals surface area (Å²) in [5, 5.41) is 0. The molecule has 2 heterocycles. The molecule has 0 aliphatic carbocycles. The number of carbonyl (C=O) groups is 1. The van der Waals surface area contributed by atoms with E-state index in [0.717, 1.165) is 6.42 Å². The zero-order valence-corrected chi connectivity index (χ0v) is 12.3. The summed E-state index contributed by atoms with van der Waals surface area (Å²) >= 11 is 0. The molecule has 1 aromatic heterocycles. The normalized spacial score (nSPS) is 19.8. The van der Waals surface area contributed by atoms with Gasteiger partial charge < -0.3 is 14.4 Å². The van der Waals surface area contributed by atoms with Crippen LogP contribution in [-0.2, 0) is 4.74 Å². The molecule has 0 bridgehead atoms. The van der Waals surface area contributed by atoms with Gasteiger partial charge >= 0.3 is 0 Å². The van der Waals surface area contributed by atoms with E-state index < -0.39 is 0 Å². The van der Waals surface area contributed by atoms with E-state index in [1.54, 1.807) is 23.1 Å². The maximum absolute atomic E-state index is 12.5. The van der Waals surface area contributed by atoms with Gasteiger partial charge in [-0.3, -0.25) is 4.79 Å². The van der Waals surface area contributed by atoms with Crippen LogP contribution in [0.4, 0.5) is 0 Å². The topological polar surface area (TPSA) is 51.7 Å². The molecule has 0 radical (unpaired) electrons. The summed E-state index contributed by atoms with van der Waals surface area (Å²) in [6, 6.07) is 5.30. The van der Waals surface area contributed by atoms with E-state index in [-0.39, 0.29) is 18.1 Å². The van der Waals surface area contributed by atoms with Gasteiger partial charge in [-0.15, -0.1) is 0 Å². The first-order chi connectivity index (χ1) is 9.56. The fourth-order valence-electron chi connectivity index (χ4n) is 2.18. The second-order valence-corrected chi connectivity index (χ2v) is 5.31. The Morgan fingerprint density at radius 2 is 2.30 bits per heavy atom. The molecule has 0 spiro atoms. The van der Waals surface area contributed by atoms with Crippen molar-refractivity contribution in [2.45, 2.75) is 39.4 Å². The minimum Gasteiger partial charge on any atom is -0.475 e. The summed E-state index contributed by atoms with van der Waals surface area (Å²) in [4.78, 5) is 18.6. The van der Waals surface area contributed by atoms with Crippen LogP contribution >= 0.6 is 0 Å². The molecule has 0 saturated carbocycles. The van der Waals surface area contributed by atoms with Crippen LogP contribution in [0.5, 0.6) is 5.88 Å². The minimum absolute atomic E-state index is 0.0412. The predicted octanol–water partition coefficient (Wildman–Crippen LogP) is 2.12. The molecule has 5 nitrogen and oxygen atoms in total. The van der Waals surface area contributed by atoms with Crippen LogP contribution in [0, 0.1) is 0 Å². The van der Waals surface area contributed by atoms with Crippen LogP contribution < -0.4 is 4.74 Å². The van der Waals surface area contributed by atoms with Crippen molar-refractivity contribution in [3.05, 3.63) is 23.9 Å². The number of pyridine rings is 1. The Kier molecular flexibility index (Phi) is 4.95. The van der Waals surface area contributed by atoms with Crippen LogP contribution in [0.3, 0.4) is 0 Å². The lowest BCUT2D eigenvalue weighted by atomic mass is 10.2. The lowest BCUT2D eigenvalue weighted by Gasteiger charge is -2.22. The van der Waals surface area contributed by atoms with Crippen molar-refractivity contribution >= 4 is 5.91 Å². The monoisotopic (exact) mass is 278 g/mol. The van der Waals surface area contributed by atoms with Gasteiger partial charge in [0.2, 0.25) is 5.88 Å². The summed E-state index contributed by atoms with van der Waals surface area (Å²) in [6.45, 7) is 7.87. The molecule has 1 aliphatic heterocycles. The van der Waals surface area contributed by atoms with Gasteiger partial charge in [-0.1, -0.05) is 6.07 Å². The van der Waals surface area contributed by atoms with E-state index in [1.807, 2.05) is 20.8 Å². The Bertz CT molecular complexity index is 462. The number of nitrogens with zero attached hydrogens (tertiary/aromatic N) is 2. The first kappa shape index (κ1) is 14.8. The Morgan fingerprint density at radius 3 is 3.05 bits per heavy atom. The molecule has 110 valence electrons. The van der Waals surface area contributed by atoms with Gasteiger partial charge in [0.1, 0.15) is 5.69 Å². The summed E-state index contributed by atoms with van der Waals surface area (Å²) in [6.07, 6.45) is 0.967. The third-order valence-corrected chi connectivity index (χ3v) is 3.04. The van der Waals surface area contributed by atoms with Crippen molar-refractivity contribution < 1.29 is 14.3 Å². The standard InChI is InChI=1S/C15H22N2O3/c1-11(2)20-14-7-4-6-13(16-14)15(18)17-8-5-9-19-12(3)10-17/h4,6-7,11-12H,5,8-10H2,1-3H3. The molecule has 0 N–H and O–H groups in total. The summed E-state index contributed by atoms with van der Waals surface area (Å²) < 4.78 is 11.1. The Balaban J connectivity index is 2.11. The van der Waals surface area contributed by atoms with Crippen molar-refractivity contribution in [1.29, 1.82) is 0 Å². The van der Waals surface area contributed by atoms with E-state index in [2.05, 4.69) is 4.98 Å². The van der Waals surface area contributed by atoms with Crippen molar-refractivity contribution in [2.24, 2.45) is 0 Å². The zero-order valence-electron chi connectivity index (χ0n) is 12.3. The highest BCUT2D eigenvalue weighted by atomic mass is 16.5. The second kappa shape index (κ2) is 6.70. The third kappa shape index (κ3) is 3.93. The highest BCUT2D eigenvalue weighted by molar-refractivity contribution is 5.92. The molecule has 0 aromatic carbocycles. The fourth-order valence-corrected chi connectivity index (χ4v) is 2.18. The number of amides is 1. The Morgan fingerprint density at radius 1 is 1.50 bits per heavy atom. The highest BCUT2D eigenvalue weighted by Crippen LogP contribution is 2.13. The summed E-state index contributed by atoms with van der Waals surface area (Å²) in [5.41, 5.74) is 0.428. The van der Waals surface area contributed by atoms with E-state index in [9.17, 15) is 4.79 Å². The molecule has 1 atom stereocenters. The largest absolute Gasteiger partial charge is 0.475 e. The minimum atomic E-state index is -0.0587. The molecule has 2 rings (SSSR count). The van der Waals surface area contributed by atoms with Gasteiger partial charge in [0.25, 0.3) is 5.91 Å². The Labute approximate surface area is 119 Å². The van der Waals surface area contributed by atoms with Crippen LogP contribution in [0.15, 0.2) is 18.2 Å². The van der Waals surface area contributed by atoms with E-state index in [4.69, 9.17) is 9.47 Å². The predicted molar refractivity (Wildman–Crippen MR) is 75.9 cm³/mol. The number of hydrogen-bond acceptors (Lipinski definition) is 4. The number of carbonyl (C=O) groups excluding carboxylic acids is 1. The zero-order chi connectivity index (χ0) is 14.5. The molecule has 5 heteroatoms. The average Bonchev–Trinajstić information content (AvgIpc) is 2.62. The quantitative estimate of drug-likeness (QED) is 0.850. The van der Waals surface area contributed by atoms with E-state index in [0.29, 0.717) is 31.3 Å². The van der Waals surface area contributed by atoms with Crippen molar-refractivity contribution in [3.63, 3.8) is 0 Å². The van der Waals surface area contributed by atoms with Crippen LogP contribution in [0.25, 0.3) is 0 Å². The smallest absolute Gasteiger partial charge is 0.272 e. The van der Waals surface area contributed by atoms with E-state index >= 15 is 0 Å². The molecule has 1 amide bonds. The number of aromatic nitrogens is 1. The second-order valence-electron chi connectivity index (χ2n) is 5.31. The van der Waals surface area contributed by atoms with Gasteiger partial charge in [0.15, 0.2) is 0 Å². The summed E-state index contributed by atoms with van der Waals surface area (Å²) in [7, 11) is 0. The SMILES string of the molecule is CC(C)Oc1cccc(C(=O)N2CCCOC(C)C2)n1. The molecular formula is C15H22N2O3. The van der Waals surface area contributed by atoms with Crippen molar-refractivity contribution in [3.8, 4) is 5.88 Å². The molecule has 1 aliphatic rings. The van der Waals surface area contributed by atoms with Gasteiger partial charge in [-0.25, -0.2) is 4.98 Å². The third-order valence-electron chi connectivity index (χ3n) is 3.04. The molecule has 1 unspecified atom stereocenters. The lowest BCUT2D eigenvalue weighted by Crippen LogP contribution is -2.36. The average molecular weight is 278 g/mol. The lowest BCUT2D eigenvalue weighted by molar-refractivity contribution is 0.0558. The van der Waals surface area contributed by atoms with Crippen LogP contribution in [-0.4, -0.2) is 47.7 Å². The first-order valence-corrected chi connectivity index (χ1v) is 7.11. The summed E-state index contributed by atoms with van der Waals surface area (Å²) in [5.74, 6) is 0.432. The first-order valence-electron chi connectivity index (χ1n) is 7.11. The number of ether oxygens (including phenoxy) is 2. The molecule has 1 aromatic rings. The van der Waals surface area contributed by atoms with Gasteiger partial charge in [-0.05, 0) is 33.3 Å². The van der Waals surface area contributed by atoms with E-state index in [1.165, 1.54) is 0 Å². The maximum atomic E-state index is 12.5. The maximum Gasteiger partial charge on any atom is 0.272 e. The van der Waals surface area contributed by atoms with Crippen LogP contribution in [0.2, 0.25) is 0 Å². The van der Waals surface area contributed by atoms with Gasteiger partial charge in [0.05, 0.1) is 12.2 Å². The molecule has 20 heavy (non-hydrogen) atoms. The van der Waals surface area contributed by atoms with Crippen molar-refractivity contribution in [2.75, 3.05) is 19.7 Å².